The maximum atomic E-state index is 12.8. The highest BCUT2D eigenvalue weighted by Crippen LogP contribution is 2.68. The van der Waals surface area contributed by atoms with Gasteiger partial charge in [0.15, 0.2) is 0 Å². The van der Waals surface area contributed by atoms with Crippen LogP contribution in [0.25, 0.3) is 0 Å². The molecule has 0 bridgehead atoms. The highest BCUT2D eigenvalue weighted by Gasteiger charge is 2.67. The van der Waals surface area contributed by atoms with Gasteiger partial charge in [0.1, 0.15) is 12.2 Å². The summed E-state index contributed by atoms with van der Waals surface area (Å²) in [5, 5.41) is 12.0. The van der Waals surface area contributed by atoms with Gasteiger partial charge in [-0.1, -0.05) is 48.0 Å². The first-order valence-corrected chi connectivity index (χ1v) is 13.8. The summed E-state index contributed by atoms with van der Waals surface area (Å²) in [6.45, 7) is 6.05. The maximum Gasteiger partial charge on any atom is 0.338 e. The molecule has 4 aliphatic rings. The molecule has 0 radical (unpaired) electrons. The lowest BCUT2D eigenvalue weighted by Gasteiger charge is -2.65. The highest BCUT2D eigenvalue weighted by molar-refractivity contribution is 9.09. The number of esters is 2. The lowest BCUT2D eigenvalue weighted by Crippen LogP contribution is -2.67. The molecule has 0 unspecified atom stereocenters. The summed E-state index contributed by atoms with van der Waals surface area (Å²) in [4.78, 5) is 24.4. The van der Waals surface area contributed by atoms with Crippen molar-refractivity contribution in [1.29, 1.82) is 0 Å². The number of hydrogen-bond acceptors (Lipinski definition) is 5. The second kappa shape index (κ2) is 8.62. The predicted octanol–water partition coefficient (Wildman–Crippen LogP) is 5.67. The molecule has 0 saturated heterocycles. The van der Waals surface area contributed by atoms with Crippen LogP contribution >= 0.6 is 15.9 Å². The van der Waals surface area contributed by atoms with E-state index in [9.17, 15) is 14.7 Å². The fraction of sp³-hybridized carbons (Fsp3) is 0.714. The maximum absolute atomic E-state index is 12.8. The van der Waals surface area contributed by atoms with Crippen molar-refractivity contribution in [3.63, 3.8) is 0 Å². The summed E-state index contributed by atoms with van der Waals surface area (Å²) >= 11 is 3.90. The molecule has 4 fully saturated rings. The van der Waals surface area contributed by atoms with Crippen molar-refractivity contribution in [2.24, 2.45) is 28.6 Å². The van der Waals surface area contributed by atoms with Gasteiger partial charge in [-0.3, -0.25) is 4.79 Å². The minimum absolute atomic E-state index is 0.0287. The summed E-state index contributed by atoms with van der Waals surface area (Å²) in [6.07, 6.45) is 6.82. The molecule has 4 aliphatic carbocycles. The molecule has 0 spiro atoms. The summed E-state index contributed by atoms with van der Waals surface area (Å²) in [5.74, 6) is 0.895. The molecule has 0 heterocycles. The number of ether oxygens (including phenoxy) is 2. The van der Waals surface area contributed by atoms with E-state index in [1.54, 1.807) is 0 Å². The fourth-order valence-electron chi connectivity index (χ4n) is 8.45. The Morgan fingerprint density at radius 1 is 1.00 bits per heavy atom. The van der Waals surface area contributed by atoms with E-state index in [2.05, 4.69) is 29.8 Å². The first kappa shape index (κ1) is 24.3. The fourth-order valence-corrected chi connectivity index (χ4v) is 9.59. The van der Waals surface area contributed by atoms with Crippen LogP contribution in [0.5, 0.6) is 0 Å². The molecule has 1 N–H and O–H groups in total. The topological polar surface area (TPSA) is 72.8 Å². The second-order valence-electron chi connectivity index (χ2n) is 11.8. The molecule has 1 aromatic carbocycles. The normalized spacial score (nSPS) is 45.4. The van der Waals surface area contributed by atoms with Gasteiger partial charge in [0.2, 0.25) is 0 Å². The van der Waals surface area contributed by atoms with Gasteiger partial charge in [-0.05, 0) is 74.8 Å². The van der Waals surface area contributed by atoms with Crippen molar-refractivity contribution in [2.45, 2.75) is 94.8 Å². The predicted molar refractivity (Wildman–Crippen MR) is 132 cm³/mol. The van der Waals surface area contributed by atoms with Crippen molar-refractivity contribution in [3.8, 4) is 0 Å². The van der Waals surface area contributed by atoms with Crippen LogP contribution < -0.4 is 0 Å². The van der Waals surface area contributed by atoms with E-state index in [0.29, 0.717) is 29.7 Å². The minimum Gasteiger partial charge on any atom is -0.462 e. The number of benzene rings is 1. The quantitative estimate of drug-likeness (QED) is 0.400. The average Bonchev–Trinajstić information content (AvgIpc) is 3.12. The number of aliphatic hydroxyl groups is 1. The zero-order valence-corrected chi connectivity index (χ0v) is 22.1. The van der Waals surface area contributed by atoms with Gasteiger partial charge in [-0.25, -0.2) is 4.79 Å². The van der Waals surface area contributed by atoms with Crippen molar-refractivity contribution < 1.29 is 24.2 Å². The number of carbonyl (C=O) groups excluding carboxylic acids is 2. The third kappa shape index (κ3) is 3.66. The van der Waals surface area contributed by atoms with Crippen LogP contribution in [-0.4, -0.2) is 39.7 Å². The van der Waals surface area contributed by atoms with Crippen LogP contribution in [0.3, 0.4) is 0 Å². The molecule has 5 nitrogen and oxygen atoms in total. The Kier molecular flexibility index (Phi) is 6.16. The Labute approximate surface area is 211 Å². The number of rotatable bonds is 3. The Morgan fingerprint density at radius 3 is 2.44 bits per heavy atom. The molecule has 186 valence electrons. The molecule has 34 heavy (non-hydrogen) atoms. The van der Waals surface area contributed by atoms with Crippen LogP contribution in [0.1, 0.15) is 82.5 Å². The molecular weight excluding hydrogens is 496 g/mol. The monoisotopic (exact) mass is 532 g/mol. The lowest BCUT2D eigenvalue weighted by molar-refractivity contribution is -0.220. The highest BCUT2D eigenvalue weighted by atomic mass is 79.9. The van der Waals surface area contributed by atoms with Gasteiger partial charge in [0.05, 0.1) is 11.2 Å². The Hall–Kier alpha value is -1.40. The molecular formula is C28H37BrO5. The van der Waals surface area contributed by atoms with Gasteiger partial charge in [-0.15, -0.1) is 0 Å². The SMILES string of the molecule is CC(=O)O[C@H]1CC[C@]2(C)[C@H]3CC[C@]4(C)[C@@H](OC(=O)c5ccccc5)CC[C@H]4[C@@H]3C[C@H](Br)[C@]2(O)C1. The number of alkyl halides is 1. The van der Waals surface area contributed by atoms with Gasteiger partial charge in [-0.2, -0.15) is 0 Å². The molecule has 6 heteroatoms. The van der Waals surface area contributed by atoms with E-state index >= 15 is 0 Å². The minimum atomic E-state index is -0.891. The van der Waals surface area contributed by atoms with Crippen molar-refractivity contribution in [2.75, 3.05) is 0 Å². The Balaban J connectivity index is 1.36. The van der Waals surface area contributed by atoms with Gasteiger partial charge in [0.25, 0.3) is 0 Å². The molecule has 4 saturated carbocycles. The van der Waals surface area contributed by atoms with Gasteiger partial charge < -0.3 is 14.6 Å². The third-order valence-corrected chi connectivity index (χ3v) is 11.4. The van der Waals surface area contributed by atoms with Crippen LogP contribution in [0.4, 0.5) is 0 Å². The van der Waals surface area contributed by atoms with E-state index in [0.717, 1.165) is 44.9 Å². The molecule has 0 aliphatic heterocycles. The van der Waals surface area contributed by atoms with E-state index < -0.39 is 5.60 Å². The molecule has 9 atom stereocenters. The first-order chi connectivity index (χ1) is 16.1. The summed E-state index contributed by atoms with van der Waals surface area (Å²) in [7, 11) is 0. The number of carbonyl (C=O) groups is 2. The first-order valence-electron chi connectivity index (χ1n) is 12.9. The number of fused-ring (bicyclic) bond motifs is 5. The largest absolute Gasteiger partial charge is 0.462 e. The molecule has 1 aromatic rings. The standard InChI is InChI=1S/C28H37BrO5/c1-17(30)33-19-11-14-27(3)22-12-13-26(2)21(20(22)15-23(29)28(27,32)16-19)9-10-24(26)34-25(31)18-7-5-4-6-8-18/h4-8,19-24,32H,9-16H2,1-3H3/t19-,20-,21-,22-,23-,24-,26-,27+,28+/m0/s1. The van der Waals surface area contributed by atoms with E-state index in [1.807, 2.05) is 30.3 Å². The molecule has 0 amide bonds. The average molecular weight is 534 g/mol. The van der Waals surface area contributed by atoms with Gasteiger partial charge in [0, 0.05) is 29.0 Å². The summed E-state index contributed by atoms with van der Waals surface area (Å²) < 4.78 is 11.7. The number of halogens is 1. The zero-order chi connectivity index (χ0) is 24.3. The molecule has 0 aromatic heterocycles. The van der Waals surface area contributed by atoms with E-state index in [-0.39, 0.29) is 39.8 Å². The smallest absolute Gasteiger partial charge is 0.338 e. The number of hydrogen-bond donors (Lipinski definition) is 1. The van der Waals surface area contributed by atoms with Crippen molar-refractivity contribution in [1.82, 2.24) is 0 Å². The van der Waals surface area contributed by atoms with Crippen LogP contribution in [0.2, 0.25) is 0 Å². The van der Waals surface area contributed by atoms with Crippen LogP contribution in [0.15, 0.2) is 30.3 Å². The lowest BCUT2D eigenvalue weighted by atomic mass is 9.43. The van der Waals surface area contributed by atoms with E-state index in [1.165, 1.54) is 6.92 Å². The van der Waals surface area contributed by atoms with E-state index in [4.69, 9.17) is 9.47 Å². The zero-order valence-electron chi connectivity index (χ0n) is 20.5. The van der Waals surface area contributed by atoms with Crippen LogP contribution in [-0.2, 0) is 14.3 Å². The second-order valence-corrected chi connectivity index (χ2v) is 12.9. The third-order valence-electron chi connectivity index (χ3n) is 10.3. The Bertz CT molecular complexity index is 951. The van der Waals surface area contributed by atoms with Crippen LogP contribution in [0, 0.1) is 28.6 Å². The summed E-state index contributed by atoms with van der Waals surface area (Å²) in [6, 6.07) is 9.29. The Morgan fingerprint density at radius 2 is 1.74 bits per heavy atom. The van der Waals surface area contributed by atoms with Crippen molar-refractivity contribution in [3.05, 3.63) is 35.9 Å². The van der Waals surface area contributed by atoms with Crippen molar-refractivity contribution >= 4 is 27.9 Å². The molecule has 5 rings (SSSR count). The van der Waals surface area contributed by atoms with Gasteiger partial charge >= 0.3 is 11.9 Å². The summed E-state index contributed by atoms with van der Waals surface area (Å²) in [5.41, 5.74) is -0.526.